The van der Waals surface area contributed by atoms with Gasteiger partial charge >= 0.3 is 41.9 Å². The van der Waals surface area contributed by atoms with Gasteiger partial charge in [0, 0.05) is 0 Å². The van der Waals surface area contributed by atoms with Gasteiger partial charge in [-0.1, -0.05) is 27.7 Å². The van der Waals surface area contributed by atoms with Crippen LogP contribution in [-0.4, -0.2) is 28.7 Å². The molecule has 1 aromatic rings. The van der Waals surface area contributed by atoms with Gasteiger partial charge in [-0.3, -0.25) is 0 Å². The number of benzene rings is 1. The predicted molar refractivity (Wildman–Crippen MR) is 55.5 cm³/mol. The summed E-state index contributed by atoms with van der Waals surface area (Å²) in [6.45, 7) is 6.96. The van der Waals surface area contributed by atoms with E-state index in [1.807, 2.05) is 24.3 Å². The molecule has 1 rings (SSSR count). The first-order valence-electron chi connectivity index (χ1n) is 4.03. The molecule has 0 spiro atoms. The molecule has 0 saturated heterocycles. The van der Waals surface area contributed by atoms with Gasteiger partial charge in [-0.25, -0.2) is 0 Å². The second-order valence-corrected chi connectivity index (χ2v) is 3.69. The van der Waals surface area contributed by atoms with Crippen LogP contribution < -0.4 is 40.9 Å². The molecule has 0 amide bonds. The zero-order valence-corrected chi connectivity index (χ0v) is 13.3. The molecule has 0 unspecified atom stereocenters. The van der Waals surface area contributed by atoms with Gasteiger partial charge in [-0.2, -0.15) is 35.9 Å². The Morgan fingerprint density at radius 3 is 1.53 bits per heavy atom. The zero-order chi connectivity index (χ0) is 9.61. The maximum Gasteiger partial charge on any atom is 2.00 e. The summed E-state index contributed by atoms with van der Waals surface area (Å²) in [4.78, 5) is 0. The van der Waals surface area contributed by atoms with Crippen molar-refractivity contribution in [2.24, 2.45) is 0 Å². The van der Waals surface area contributed by atoms with Crippen LogP contribution in [0.15, 0.2) is 24.3 Å². The summed E-state index contributed by atoms with van der Waals surface area (Å²) in [6, 6.07) is 10.8. The molecular formula is C11H16BrLiMgO. The average Bonchev–Trinajstić information content (AvgIpc) is 1.85. The molecule has 1 aromatic carbocycles. The molecule has 0 aromatic heterocycles. The fourth-order valence-corrected chi connectivity index (χ4v) is 0.470. The van der Waals surface area contributed by atoms with Crippen LogP contribution in [0.5, 0.6) is 0 Å². The molecule has 1 nitrogen and oxygen atoms in total. The smallest absolute Gasteiger partial charge is 1.00 e. The maximum atomic E-state index is 10.1. The van der Waals surface area contributed by atoms with Crippen molar-refractivity contribution in [3.8, 4) is 0 Å². The minimum Gasteiger partial charge on any atom is -1.00 e. The molecule has 15 heavy (non-hydrogen) atoms. The van der Waals surface area contributed by atoms with Crippen LogP contribution in [0, 0.1) is 13.0 Å². The summed E-state index contributed by atoms with van der Waals surface area (Å²) in [5, 5.41) is 10.1. The average molecular weight is 275 g/mol. The van der Waals surface area contributed by atoms with E-state index in [0.717, 1.165) is 0 Å². The maximum absolute atomic E-state index is 10.1. The van der Waals surface area contributed by atoms with Gasteiger partial charge in [-0.15, -0.1) is 5.60 Å². The zero-order valence-electron chi connectivity index (χ0n) is 10.3. The molecule has 0 fully saturated rings. The summed E-state index contributed by atoms with van der Waals surface area (Å²) in [5.41, 5.74) is 0.541. The van der Waals surface area contributed by atoms with E-state index in [1.54, 1.807) is 20.8 Å². The standard InChI is InChI=1S/C7H7.C4H9O.BrH.Li.Mg/c1-7-5-3-2-4-6-7;1-4(2,3)5;;;/h3-6H,1H3;1-3H3;1H;;/q2*-1;;+1;+2/p-1. The van der Waals surface area contributed by atoms with Crippen molar-refractivity contribution >= 4 is 23.1 Å². The van der Waals surface area contributed by atoms with Gasteiger partial charge in [0.05, 0.1) is 0 Å². The Labute approximate surface area is 132 Å². The van der Waals surface area contributed by atoms with Crippen molar-refractivity contribution < 1.29 is 40.9 Å². The van der Waals surface area contributed by atoms with E-state index < -0.39 is 5.60 Å². The van der Waals surface area contributed by atoms with Gasteiger partial charge in [0.25, 0.3) is 0 Å². The molecule has 76 valence electrons. The van der Waals surface area contributed by atoms with Crippen molar-refractivity contribution in [1.29, 1.82) is 0 Å². The molecule has 0 aliphatic rings. The Kier molecular flexibility index (Phi) is 21.8. The van der Waals surface area contributed by atoms with Gasteiger partial charge < -0.3 is 22.1 Å². The van der Waals surface area contributed by atoms with Gasteiger partial charge in [0.1, 0.15) is 0 Å². The summed E-state index contributed by atoms with van der Waals surface area (Å²) in [5.74, 6) is 0. The molecule has 0 saturated carbocycles. The topological polar surface area (TPSA) is 23.1 Å². The Hall–Kier alpha value is 1.02. The van der Waals surface area contributed by atoms with E-state index in [4.69, 9.17) is 0 Å². The second-order valence-electron chi connectivity index (χ2n) is 3.69. The van der Waals surface area contributed by atoms with E-state index in [1.165, 1.54) is 5.56 Å². The summed E-state index contributed by atoms with van der Waals surface area (Å²) in [7, 11) is 0. The summed E-state index contributed by atoms with van der Waals surface area (Å²) < 4.78 is 0. The molecule has 0 N–H and O–H groups in total. The van der Waals surface area contributed by atoms with Crippen LogP contribution >= 0.6 is 0 Å². The Bertz CT molecular complexity index is 206. The number of rotatable bonds is 0. The SMILES string of the molecule is CC(C)(C)[O-].Cc1cc[c-]cc1.[Br-].[Li+].[Mg+2]. The quantitative estimate of drug-likeness (QED) is 0.346. The van der Waals surface area contributed by atoms with Crippen molar-refractivity contribution in [2.45, 2.75) is 33.3 Å². The normalized spacial score (nSPS) is 8.07. The third-order valence-electron chi connectivity index (χ3n) is 0.885. The Balaban J connectivity index is -0.0000000701. The van der Waals surface area contributed by atoms with Gasteiger partial charge in [0.15, 0.2) is 0 Å². The molecule has 4 heteroatoms. The summed E-state index contributed by atoms with van der Waals surface area (Å²) in [6.07, 6.45) is 0. The second kappa shape index (κ2) is 13.1. The van der Waals surface area contributed by atoms with E-state index in [0.29, 0.717) is 0 Å². The molecule has 0 aliphatic heterocycles. The molecule has 0 aliphatic carbocycles. The van der Waals surface area contributed by atoms with E-state index in [9.17, 15) is 5.11 Å². The van der Waals surface area contributed by atoms with Crippen molar-refractivity contribution in [3.05, 3.63) is 35.9 Å². The predicted octanol–water partition coefficient (Wildman–Crippen LogP) is -4.43. The van der Waals surface area contributed by atoms with Crippen LogP contribution in [-0.2, 0) is 0 Å². The molecule has 0 heterocycles. The van der Waals surface area contributed by atoms with Crippen molar-refractivity contribution in [1.82, 2.24) is 0 Å². The monoisotopic (exact) mass is 274 g/mol. The third-order valence-corrected chi connectivity index (χ3v) is 0.885. The van der Waals surface area contributed by atoms with Crippen LogP contribution in [0.3, 0.4) is 0 Å². The van der Waals surface area contributed by atoms with Crippen molar-refractivity contribution in [2.75, 3.05) is 0 Å². The van der Waals surface area contributed by atoms with Crippen LogP contribution in [0.25, 0.3) is 0 Å². The first kappa shape index (κ1) is 25.0. The number of hydrogen-bond donors (Lipinski definition) is 0. The Morgan fingerprint density at radius 1 is 1.13 bits per heavy atom. The fraction of sp³-hybridized carbons (Fsp3) is 0.455. The Morgan fingerprint density at radius 2 is 1.40 bits per heavy atom. The summed E-state index contributed by atoms with van der Waals surface area (Å²) >= 11 is 0. The van der Waals surface area contributed by atoms with Gasteiger partial charge in [0.2, 0.25) is 0 Å². The van der Waals surface area contributed by atoms with Crippen LogP contribution in [0.1, 0.15) is 26.3 Å². The minimum absolute atomic E-state index is 0. The molecule has 0 radical (unpaired) electrons. The first-order valence-corrected chi connectivity index (χ1v) is 4.03. The van der Waals surface area contributed by atoms with E-state index in [2.05, 4.69) is 13.0 Å². The first-order chi connectivity index (χ1) is 5.39. The minimum atomic E-state index is -0.750. The van der Waals surface area contributed by atoms with Crippen molar-refractivity contribution in [3.63, 3.8) is 0 Å². The molecule has 0 atom stereocenters. The number of aryl methyl sites for hydroxylation is 1. The number of halogens is 1. The third kappa shape index (κ3) is 31.3. The van der Waals surface area contributed by atoms with Crippen LogP contribution in [0.4, 0.5) is 0 Å². The van der Waals surface area contributed by atoms with E-state index >= 15 is 0 Å². The molecule has 0 bridgehead atoms. The fourth-order valence-electron chi connectivity index (χ4n) is 0.470. The van der Waals surface area contributed by atoms with Gasteiger partial charge in [-0.05, 0) is 0 Å². The van der Waals surface area contributed by atoms with Crippen LogP contribution in [0.2, 0.25) is 0 Å². The van der Waals surface area contributed by atoms with E-state index in [-0.39, 0.29) is 58.9 Å². The molecular weight excluding hydrogens is 259 g/mol. The largest absolute Gasteiger partial charge is 2.00 e. The number of hydrogen-bond acceptors (Lipinski definition) is 1.